The van der Waals surface area contributed by atoms with Crippen molar-refractivity contribution in [1.82, 2.24) is 20.1 Å². The summed E-state index contributed by atoms with van der Waals surface area (Å²) in [5.41, 5.74) is 8.27. The highest BCUT2D eigenvalue weighted by Gasteiger charge is 2.31. The topological polar surface area (TPSA) is 133 Å². The van der Waals surface area contributed by atoms with E-state index in [0.717, 1.165) is 56.6 Å². The van der Waals surface area contributed by atoms with Crippen molar-refractivity contribution in [2.24, 2.45) is 5.92 Å². The molecule has 10 nitrogen and oxygen atoms in total. The Bertz CT molecular complexity index is 1150. The van der Waals surface area contributed by atoms with E-state index in [4.69, 9.17) is 17.3 Å². The van der Waals surface area contributed by atoms with Crippen molar-refractivity contribution < 1.29 is 14.4 Å². The molecule has 4 rings (SSSR count). The zero-order chi connectivity index (χ0) is 27.1. The maximum absolute atomic E-state index is 13.2. The van der Waals surface area contributed by atoms with Crippen LogP contribution < -0.4 is 21.7 Å². The minimum absolute atomic E-state index is 0.0694. The summed E-state index contributed by atoms with van der Waals surface area (Å²) in [6.45, 7) is 5.26. The number of hydrogen-bond donors (Lipinski definition) is 4. The van der Waals surface area contributed by atoms with Crippen molar-refractivity contribution in [2.45, 2.75) is 45.2 Å². The number of halogens is 1. The number of amides is 3. The predicted octanol–water partition coefficient (Wildman–Crippen LogP) is 2.71. The second-order valence-electron chi connectivity index (χ2n) is 10.0. The van der Waals surface area contributed by atoms with E-state index < -0.39 is 0 Å². The van der Waals surface area contributed by atoms with Crippen LogP contribution in [0.25, 0.3) is 0 Å². The molecule has 1 aromatic heterocycles. The average molecular weight is 542 g/mol. The second kappa shape index (κ2) is 12.9. The summed E-state index contributed by atoms with van der Waals surface area (Å²) in [5, 5.41) is 9.30. The Labute approximate surface area is 228 Å². The predicted molar refractivity (Wildman–Crippen MR) is 149 cm³/mol. The Kier molecular flexibility index (Phi) is 9.41. The Balaban J connectivity index is 1.24. The van der Waals surface area contributed by atoms with E-state index in [-0.39, 0.29) is 36.2 Å². The first-order valence-corrected chi connectivity index (χ1v) is 13.5. The number of anilines is 3. The van der Waals surface area contributed by atoms with Gasteiger partial charge in [0, 0.05) is 49.7 Å². The van der Waals surface area contributed by atoms with Gasteiger partial charge >= 0.3 is 0 Å². The third-order valence-electron chi connectivity index (χ3n) is 7.11. The SMILES string of the molecule is CC(=O)NCC(=O)Nc1cc(Cl)ccc1NC1CCN(C(=O)C2CCN(Cc3ccnc(N)c3)CC2)CC1. The van der Waals surface area contributed by atoms with Crippen LogP contribution in [0.15, 0.2) is 36.5 Å². The smallest absolute Gasteiger partial charge is 0.243 e. The molecule has 0 bridgehead atoms. The van der Waals surface area contributed by atoms with E-state index in [0.29, 0.717) is 29.6 Å². The van der Waals surface area contributed by atoms with Gasteiger partial charge in [-0.3, -0.25) is 19.3 Å². The van der Waals surface area contributed by atoms with Gasteiger partial charge in [0.05, 0.1) is 17.9 Å². The molecule has 2 fully saturated rings. The number of nitrogens with one attached hydrogen (secondary N) is 3. The molecule has 0 spiro atoms. The quantitative estimate of drug-likeness (QED) is 0.404. The van der Waals surface area contributed by atoms with Crippen molar-refractivity contribution in [3.05, 3.63) is 47.1 Å². The van der Waals surface area contributed by atoms with Gasteiger partial charge in [-0.25, -0.2) is 4.98 Å². The lowest BCUT2D eigenvalue weighted by Gasteiger charge is -2.37. The number of likely N-dealkylation sites (tertiary alicyclic amines) is 2. The first-order valence-electron chi connectivity index (χ1n) is 13.1. The molecule has 0 unspecified atom stereocenters. The molecule has 0 atom stereocenters. The molecule has 5 N–H and O–H groups in total. The summed E-state index contributed by atoms with van der Waals surface area (Å²) in [6.07, 6.45) is 5.09. The number of nitrogens with two attached hydrogens (primary N) is 1. The average Bonchev–Trinajstić information content (AvgIpc) is 2.89. The van der Waals surface area contributed by atoms with E-state index >= 15 is 0 Å². The molecule has 11 heteroatoms. The molecule has 2 aromatic rings. The third kappa shape index (κ3) is 7.82. The number of carbonyl (C=O) groups is 3. The van der Waals surface area contributed by atoms with Gasteiger partial charge < -0.3 is 26.6 Å². The van der Waals surface area contributed by atoms with Crippen LogP contribution >= 0.6 is 11.6 Å². The van der Waals surface area contributed by atoms with Crippen LogP contribution in [0.4, 0.5) is 17.2 Å². The van der Waals surface area contributed by atoms with Crippen LogP contribution in [-0.4, -0.2) is 71.3 Å². The highest BCUT2D eigenvalue weighted by Crippen LogP contribution is 2.29. The normalized spacial score (nSPS) is 17.2. The molecule has 204 valence electrons. The summed E-state index contributed by atoms with van der Waals surface area (Å²) in [7, 11) is 0. The standard InChI is InChI=1S/C27H36ClN7O3/c1-18(36)31-16-26(37)33-24-15-21(28)2-3-23(24)32-22-7-12-35(13-8-22)27(38)20-5-10-34(11-6-20)17-19-4-9-30-25(29)14-19/h2-4,9,14-15,20,22,32H,5-8,10-13,16-17H2,1H3,(H2,29,30)(H,31,36)(H,33,37). The van der Waals surface area contributed by atoms with Gasteiger partial charge in [0.1, 0.15) is 5.82 Å². The molecule has 2 saturated heterocycles. The number of nitrogen functional groups attached to an aromatic ring is 1. The fourth-order valence-corrected chi connectivity index (χ4v) is 5.23. The van der Waals surface area contributed by atoms with Crippen molar-refractivity contribution in [2.75, 3.05) is 49.1 Å². The zero-order valence-corrected chi connectivity index (χ0v) is 22.5. The first-order chi connectivity index (χ1) is 18.3. The fraction of sp³-hybridized carbons (Fsp3) is 0.481. The van der Waals surface area contributed by atoms with E-state index in [1.807, 2.05) is 23.1 Å². The molecule has 3 heterocycles. The molecule has 0 aliphatic carbocycles. The van der Waals surface area contributed by atoms with E-state index in [2.05, 4.69) is 25.8 Å². The lowest BCUT2D eigenvalue weighted by Crippen LogP contribution is -2.47. The van der Waals surface area contributed by atoms with Crippen LogP contribution in [0, 0.1) is 5.92 Å². The number of pyridine rings is 1. The summed E-state index contributed by atoms with van der Waals surface area (Å²) in [6, 6.07) is 9.34. The molecule has 1 aromatic carbocycles. The van der Waals surface area contributed by atoms with Crippen LogP contribution in [0.3, 0.4) is 0 Å². The Hall–Kier alpha value is -3.37. The van der Waals surface area contributed by atoms with Crippen molar-refractivity contribution in [3.63, 3.8) is 0 Å². The van der Waals surface area contributed by atoms with Gasteiger partial charge in [-0.1, -0.05) is 11.6 Å². The van der Waals surface area contributed by atoms with Crippen LogP contribution in [0.5, 0.6) is 0 Å². The van der Waals surface area contributed by atoms with Crippen LogP contribution in [-0.2, 0) is 20.9 Å². The number of nitrogens with zero attached hydrogens (tertiary/aromatic N) is 3. The molecular weight excluding hydrogens is 506 g/mol. The molecule has 3 amide bonds. The second-order valence-corrected chi connectivity index (χ2v) is 10.5. The van der Waals surface area contributed by atoms with Gasteiger partial charge in [0.25, 0.3) is 0 Å². The number of piperidine rings is 2. The monoisotopic (exact) mass is 541 g/mol. The summed E-state index contributed by atoms with van der Waals surface area (Å²) in [5.74, 6) is 0.256. The number of benzene rings is 1. The molecule has 2 aliphatic rings. The van der Waals surface area contributed by atoms with E-state index in [1.165, 1.54) is 6.92 Å². The van der Waals surface area contributed by atoms with Gasteiger partial charge in [0.2, 0.25) is 17.7 Å². The van der Waals surface area contributed by atoms with Gasteiger partial charge in [-0.05, 0) is 74.7 Å². The van der Waals surface area contributed by atoms with Crippen molar-refractivity contribution in [1.29, 1.82) is 0 Å². The minimum Gasteiger partial charge on any atom is -0.384 e. The third-order valence-corrected chi connectivity index (χ3v) is 7.34. The summed E-state index contributed by atoms with van der Waals surface area (Å²) >= 11 is 6.15. The number of hydrogen-bond acceptors (Lipinski definition) is 7. The highest BCUT2D eigenvalue weighted by atomic mass is 35.5. The maximum Gasteiger partial charge on any atom is 0.243 e. The maximum atomic E-state index is 13.2. The molecule has 38 heavy (non-hydrogen) atoms. The number of carbonyl (C=O) groups excluding carboxylic acids is 3. The Morgan fingerprint density at radius 1 is 1.03 bits per heavy atom. The fourth-order valence-electron chi connectivity index (χ4n) is 5.06. The molecule has 2 aliphatic heterocycles. The van der Waals surface area contributed by atoms with Gasteiger partial charge in [-0.2, -0.15) is 0 Å². The highest BCUT2D eigenvalue weighted by molar-refractivity contribution is 6.31. The molecule has 0 radical (unpaired) electrons. The summed E-state index contributed by atoms with van der Waals surface area (Å²) in [4.78, 5) is 44.9. The first kappa shape index (κ1) is 27.7. The Morgan fingerprint density at radius 2 is 1.76 bits per heavy atom. The van der Waals surface area contributed by atoms with Crippen molar-refractivity contribution in [3.8, 4) is 0 Å². The number of rotatable bonds is 8. The molecule has 0 saturated carbocycles. The lowest BCUT2D eigenvalue weighted by molar-refractivity contribution is -0.138. The van der Waals surface area contributed by atoms with Crippen LogP contribution in [0.2, 0.25) is 5.02 Å². The molecular formula is C27H36ClN7O3. The van der Waals surface area contributed by atoms with Gasteiger partial charge in [-0.15, -0.1) is 0 Å². The van der Waals surface area contributed by atoms with Gasteiger partial charge in [0.15, 0.2) is 0 Å². The number of aromatic nitrogens is 1. The van der Waals surface area contributed by atoms with E-state index in [1.54, 1.807) is 18.3 Å². The van der Waals surface area contributed by atoms with Crippen LogP contribution in [0.1, 0.15) is 38.2 Å². The lowest BCUT2D eigenvalue weighted by atomic mass is 9.93. The Morgan fingerprint density at radius 3 is 2.45 bits per heavy atom. The van der Waals surface area contributed by atoms with E-state index in [9.17, 15) is 14.4 Å². The zero-order valence-electron chi connectivity index (χ0n) is 21.7. The largest absolute Gasteiger partial charge is 0.384 e. The minimum atomic E-state index is -0.332. The van der Waals surface area contributed by atoms with Crippen molar-refractivity contribution >= 4 is 46.5 Å². The summed E-state index contributed by atoms with van der Waals surface area (Å²) < 4.78 is 0.